The molecule has 4 heterocycles. The van der Waals surface area contributed by atoms with Gasteiger partial charge >= 0.3 is 0 Å². The van der Waals surface area contributed by atoms with E-state index >= 15 is 0 Å². The number of nitrogens with one attached hydrogen (secondary N) is 1. The van der Waals surface area contributed by atoms with Gasteiger partial charge in [0.1, 0.15) is 5.82 Å². The molecule has 0 radical (unpaired) electrons. The van der Waals surface area contributed by atoms with Crippen molar-refractivity contribution in [3.8, 4) is 10.6 Å². The number of anilines is 2. The second-order valence-corrected chi connectivity index (χ2v) is 12.7. The second kappa shape index (κ2) is 7.76. The van der Waals surface area contributed by atoms with Crippen LogP contribution in [0.1, 0.15) is 48.3 Å². The van der Waals surface area contributed by atoms with Crippen LogP contribution in [-0.2, 0) is 21.2 Å². The normalized spacial score (nSPS) is 19.5. The summed E-state index contributed by atoms with van der Waals surface area (Å²) in [5.74, 6) is 0.871. The number of nitrogens with zero attached hydrogens (tertiary/aromatic N) is 4. The molecule has 1 unspecified atom stereocenters. The fourth-order valence-corrected chi connectivity index (χ4v) is 6.44. The van der Waals surface area contributed by atoms with Gasteiger partial charge in [-0.3, -0.25) is 9.59 Å². The SMILES string of the molecule is CC(=O)Nc1nc(C)c(-c2cc3c(c(N4CC(S(C)(=O)=O)C4)n2)C(=O)N(C(C)C2CC2)C3)s1. The predicted molar refractivity (Wildman–Crippen MR) is 127 cm³/mol. The minimum atomic E-state index is -3.15. The highest BCUT2D eigenvalue weighted by molar-refractivity contribution is 7.91. The molecule has 11 heteroatoms. The second-order valence-electron chi connectivity index (χ2n) is 9.35. The lowest BCUT2D eigenvalue weighted by molar-refractivity contribution is -0.114. The van der Waals surface area contributed by atoms with Crippen molar-refractivity contribution < 1.29 is 18.0 Å². The zero-order valence-corrected chi connectivity index (χ0v) is 20.7. The summed E-state index contributed by atoms with van der Waals surface area (Å²) in [6, 6.07) is 2.11. The van der Waals surface area contributed by atoms with E-state index in [4.69, 9.17) is 4.98 Å². The molecule has 1 saturated carbocycles. The average Bonchev–Trinajstić information content (AvgIpc) is 3.38. The molecule has 1 N–H and O–H groups in total. The molecule has 2 aliphatic heterocycles. The number of fused-ring (bicyclic) bond motifs is 1. The number of aromatic nitrogens is 2. The lowest BCUT2D eigenvalue weighted by atomic mass is 10.1. The number of carbonyl (C=O) groups is 2. The third kappa shape index (κ3) is 4.01. The van der Waals surface area contributed by atoms with Crippen LogP contribution in [0.15, 0.2) is 6.07 Å². The standard InChI is InChI=1S/C22H27N5O4S2/c1-11-19(32-22(23-11)24-13(3)28)17-7-15-8-27(12(2)14-5-6-14)21(29)18(15)20(25-17)26-9-16(10-26)33(4,30)31/h7,12,14,16H,5-6,8-10H2,1-4H3,(H,23,24,28). The van der Waals surface area contributed by atoms with Crippen LogP contribution < -0.4 is 10.2 Å². The summed E-state index contributed by atoms with van der Waals surface area (Å²) in [7, 11) is -3.15. The number of amides is 2. The average molecular weight is 490 g/mol. The van der Waals surface area contributed by atoms with Gasteiger partial charge in [-0.2, -0.15) is 0 Å². The lowest BCUT2D eigenvalue weighted by Crippen LogP contribution is -2.55. The molecule has 0 aromatic carbocycles. The molecule has 2 aromatic rings. The summed E-state index contributed by atoms with van der Waals surface area (Å²) in [5, 5.41) is 2.77. The maximum atomic E-state index is 13.4. The quantitative estimate of drug-likeness (QED) is 0.663. The zero-order valence-electron chi connectivity index (χ0n) is 19.1. The Morgan fingerprint density at radius 2 is 1.97 bits per heavy atom. The fraction of sp³-hybridized carbons (Fsp3) is 0.545. The molecule has 176 valence electrons. The smallest absolute Gasteiger partial charge is 0.258 e. The lowest BCUT2D eigenvalue weighted by Gasteiger charge is -2.39. The van der Waals surface area contributed by atoms with E-state index in [0.717, 1.165) is 29.0 Å². The molecule has 2 amide bonds. The maximum absolute atomic E-state index is 13.4. The molecule has 9 nitrogen and oxygen atoms in total. The summed E-state index contributed by atoms with van der Waals surface area (Å²) in [4.78, 5) is 38.8. The summed E-state index contributed by atoms with van der Waals surface area (Å²) < 4.78 is 23.9. The van der Waals surface area contributed by atoms with Gasteiger partial charge in [0.05, 0.1) is 27.1 Å². The monoisotopic (exact) mass is 489 g/mol. The molecular weight excluding hydrogens is 462 g/mol. The van der Waals surface area contributed by atoms with Crippen LogP contribution in [0.5, 0.6) is 0 Å². The molecule has 1 atom stereocenters. The van der Waals surface area contributed by atoms with Gasteiger partial charge in [0.25, 0.3) is 5.91 Å². The summed E-state index contributed by atoms with van der Waals surface area (Å²) in [6.07, 6.45) is 3.54. The van der Waals surface area contributed by atoms with Gasteiger partial charge in [-0.1, -0.05) is 11.3 Å². The van der Waals surface area contributed by atoms with Gasteiger partial charge in [-0.25, -0.2) is 18.4 Å². The van der Waals surface area contributed by atoms with Crippen LogP contribution in [0.4, 0.5) is 10.9 Å². The minimum Gasteiger partial charge on any atom is -0.353 e. The Kier molecular flexibility index (Phi) is 5.24. The van der Waals surface area contributed by atoms with E-state index in [1.54, 1.807) is 0 Å². The Hall–Kier alpha value is -2.53. The topological polar surface area (TPSA) is 113 Å². The van der Waals surface area contributed by atoms with Crippen molar-refractivity contribution in [2.45, 2.75) is 51.4 Å². The van der Waals surface area contributed by atoms with Crippen molar-refractivity contribution in [2.24, 2.45) is 5.92 Å². The van der Waals surface area contributed by atoms with Crippen molar-refractivity contribution >= 4 is 43.9 Å². The van der Waals surface area contributed by atoms with Crippen LogP contribution in [0, 0.1) is 12.8 Å². The molecule has 33 heavy (non-hydrogen) atoms. The number of carbonyl (C=O) groups excluding carboxylic acids is 2. The van der Waals surface area contributed by atoms with Crippen molar-refractivity contribution in [2.75, 3.05) is 29.6 Å². The Morgan fingerprint density at radius 1 is 1.27 bits per heavy atom. The van der Waals surface area contributed by atoms with Gasteiger partial charge in [-0.05, 0) is 44.2 Å². The number of sulfone groups is 1. The third-order valence-corrected chi connectivity index (χ3v) is 9.36. The van der Waals surface area contributed by atoms with Crippen LogP contribution in [0.2, 0.25) is 0 Å². The molecular formula is C22H27N5O4S2. The van der Waals surface area contributed by atoms with Crippen molar-refractivity contribution in [3.63, 3.8) is 0 Å². The fourth-order valence-electron chi connectivity index (χ4n) is 4.57. The molecule has 2 aromatic heterocycles. The number of hydrogen-bond donors (Lipinski definition) is 1. The summed E-state index contributed by atoms with van der Waals surface area (Å²) in [5.41, 5.74) is 2.92. The predicted octanol–water partition coefficient (Wildman–Crippen LogP) is 2.46. The molecule has 3 aliphatic rings. The molecule has 2 fully saturated rings. The van der Waals surface area contributed by atoms with Crippen molar-refractivity contribution in [1.82, 2.24) is 14.9 Å². The Morgan fingerprint density at radius 3 is 2.58 bits per heavy atom. The summed E-state index contributed by atoms with van der Waals surface area (Å²) >= 11 is 1.34. The Bertz CT molecular complexity index is 1260. The van der Waals surface area contributed by atoms with E-state index in [9.17, 15) is 18.0 Å². The van der Waals surface area contributed by atoms with Crippen molar-refractivity contribution in [1.29, 1.82) is 0 Å². The number of pyridine rings is 1. The molecule has 0 spiro atoms. The highest BCUT2D eigenvalue weighted by atomic mass is 32.2. The van der Waals surface area contributed by atoms with Crippen LogP contribution in [0.25, 0.3) is 10.6 Å². The van der Waals surface area contributed by atoms with E-state index in [0.29, 0.717) is 47.8 Å². The first kappa shape index (κ1) is 22.3. The maximum Gasteiger partial charge on any atom is 0.258 e. The van der Waals surface area contributed by atoms with E-state index in [-0.39, 0.29) is 17.9 Å². The Balaban J connectivity index is 1.55. The molecule has 0 bridgehead atoms. The minimum absolute atomic E-state index is 0.0267. The van der Waals surface area contributed by atoms with E-state index in [1.165, 1.54) is 24.5 Å². The van der Waals surface area contributed by atoms with Gasteiger partial charge in [0.2, 0.25) is 5.91 Å². The zero-order chi connectivity index (χ0) is 23.7. The number of rotatable bonds is 6. The van der Waals surface area contributed by atoms with E-state index < -0.39 is 15.1 Å². The van der Waals surface area contributed by atoms with Crippen LogP contribution in [0.3, 0.4) is 0 Å². The number of hydrogen-bond acceptors (Lipinski definition) is 8. The number of aryl methyl sites for hydroxylation is 1. The van der Waals surface area contributed by atoms with Gasteiger partial charge < -0.3 is 15.1 Å². The molecule has 5 rings (SSSR count). The first-order chi connectivity index (χ1) is 15.5. The first-order valence-electron chi connectivity index (χ1n) is 11.1. The molecule has 1 saturated heterocycles. The van der Waals surface area contributed by atoms with E-state index in [2.05, 4.69) is 17.2 Å². The number of thiazole rings is 1. The van der Waals surface area contributed by atoms with E-state index in [1.807, 2.05) is 22.8 Å². The van der Waals surface area contributed by atoms with Crippen LogP contribution >= 0.6 is 11.3 Å². The van der Waals surface area contributed by atoms with Gasteiger partial charge in [0, 0.05) is 38.9 Å². The third-order valence-electron chi connectivity index (χ3n) is 6.76. The summed E-state index contributed by atoms with van der Waals surface area (Å²) in [6.45, 7) is 6.57. The van der Waals surface area contributed by atoms with Gasteiger partial charge in [0.15, 0.2) is 15.0 Å². The largest absolute Gasteiger partial charge is 0.353 e. The Labute approximate surface area is 197 Å². The van der Waals surface area contributed by atoms with Gasteiger partial charge in [-0.15, -0.1) is 0 Å². The highest BCUT2D eigenvalue weighted by Crippen LogP contribution is 2.42. The van der Waals surface area contributed by atoms with Crippen LogP contribution in [-0.4, -0.2) is 65.7 Å². The van der Waals surface area contributed by atoms with Crippen molar-refractivity contribution in [3.05, 3.63) is 22.9 Å². The highest BCUT2D eigenvalue weighted by Gasteiger charge is 2.43. The molecule has 1 aliphatic carbocycles. The first-order valence-corrected chi connectivity index (χ1v) is 13.8.